The van der Waals surface area contributed by atoms with Gasteiger partial charge in [-0.15, -0.1) is 11.8 Å². The van der Waals surface area contributed by atoms with E-state index in [2.05, 4.69) is 48.2 Å². The van der Waals surface area contributed by atoms with Crippen LogP contribution in [0.2, 0.25) is 0 Å². The molecule has 2 aromatic carbocycles. The van der Waals surface area contributed by atoms with E-state index in [1.165, 1.54) is 21.6 Å². The molecular formula is C20H25N3OS2. The smallest absolute Gasteiger partial charge is 0.239 e. The van der Waals surface area contributed by atoms with Crippen LogP contribution in [0.15, 0.2) is 41.3 Å². The van der Waals surface area contributed by atoms with Crippen LogP contribution < -0.4 is 16.2 Å². The first kappa shape index (κ1) is 20.3. The molecule has 3 N–H and O–H groups in total. The van der Waals surface area contributed by atoms with Gasteiger partial charge in [0.05, 0.1) is 0 Å². The van der Waals surface area contributed by atoms with Gasteiger partial charge >= 0.3 is 0 Å². The lowest BCUT2D eigenvalue weighted by Gasteiger charge is -2.14. The van der Waals surface area contributed by atoms with Crippen LogP contribution in [0.4, 0.5) is 5.69 Å². The summed E-state index contributed by atoms with van der Waals surface area (Å²) in [7, 11) is 0. The Morgan fingerprint density at radius 3 is 2.50 bits per heavy atom. The number of thioether (sulfide) groups is 1. The van der Waals surface area contributed by atoms with Gasteiger partial charge in [-0.2, -0.15) is 0 Å². The van der Waals surface area contributed by atoms with Crippen LogP contribution in [0.5, 0.6) is 0 Å². The molecule has 0 bridgehead atoms. The Kier molecular flexibility index (Phi) is 7.48. The molecule has 0 heterocycles. The summed E-state index contributed by atoms with van der Waals surface area (Å²) < 4.78 is 0. The van der Waals surface area contributed by atoms with E-state index in [1.54, 1.807) is 11.8 Å². The van der Waals surface area contributed by atoms with Crippen molar-refractivity contribution in [1.82, 2.24) is 10.9 Å². The van der Waals surface area contributed by atoms with E-state index < -0.39 is 0 Å². The van der Waals surface area contributed by atoms with Crippen LogP contribution in [-0.4, -0.2) is 16.8 Å². The molecule has 6 heteroatoms. The van der Waals surface area contributed by atoms with E-state index in [0.717, 1.165) is 11.3 Å². The van der Waals surface area contributed by atoms with Gasteiger partial charge in [-0.05, 0) is 80.4 Å². The number of aryl methyl sites for hydroxylation is 3. The summed E-state index contributed by atoms with van der Waals surface area (Å²) in [5.41, 5.74) is 11.2. The Morgan fingerprint density at radius 1 is 1.00 bits per heavy atom. The number of hydrogen-bond donors (Lipinski definition) is 3. The summed E-state index contributed by atoms with van der Waals surface area (Å²) >= 11 is 6.91. The fraction of sp³-hybridized carbons (Fsp3) is 0.300. The summed E-state index contributed by atoms with van der Waals surface area (Å²) in [5, 5.41) is 3.47. The number of anilines is 1. The first-order valence-corrected chi connectivity index (χ1v) is 9.88. The minimum atomic E-state index is -0.0913. The number of hydrogen-bond acceptors (Lipinski definition) is 3. The zero-order valence-corrected chi connectivity index (χ0v) is 17.2. The predicted molar refractivity (Wildman–Crippen MR) is 115 cm³/mol. The van der Waals surface area contributed by atoms with E-state index in [-0.39, 0.29) is 5.91 Å². The van der Waals surface area contributed by atoms with Crippen LogP contribution >= 0.6 is 24.0 Å². The summed E-state index contributed by atoms with van der Waals surface area (Å²) in [6.07, 6.45) is 0.413. The van der Waals surface area contributed by atoms with Gasteiger partial charge in [0.15, 0.2) is 5.11 Å². The number of thiocarbonyl (C=S) groups is 1. The third kappa shape index (κ3) is 6.04. The van der Waals surface area contributed by atoms with E-state index in [1.807, 2.05) is 32.0 Å². The van der Waals surface area contributed by atoms with Crippen LogP contribution in [0.3, 0.4) is 0 Å². The zero-order chi connectivity index (χ0) is 19.1. The highest BCUT2D eigenvalue weighted by Crippen LogP contribution is 2.21. The van der Waals surface area contributed by atoms with Crippen molar-refractivity contribution in [3.8, 4) is 0 Å². The molecule has 0 unspecified atom stereocenters. The number of benzene rings is 2. The molecular weight excluding hydrogens is 362 g/mol. The van der Waals surface area contributed by atoms with Gasteiger partial charge in [-0.1, -0.05) is 18.2 Å². The highest BCUT2D eigenvalue weighted by molar-refractivity contribution is 7.99. The van der Waals surface area contributed by atoms with E-state index in [0.29, 0.717) is 17.3 Å². The number of carbonyl (C=O) groups excluding carboxylic acids is 1. The Bertz CT molecular complexity index is 806. The van der Waals surface area contributed by atoms with Crippen molar-refractivity contribution >= 4 is 40.7 Å². The van der Waals surface area contributed by atoms with Crippen LogP contribution in [0.25, 0.3) is 0 Å². The largest absolute Gasteiger partial charge is 0.331 e. The van der Waals surface area contributed by atoms with Crippen molar-refractivity contribution in [3.63, 3.8) is 0 Å². The second-order valence-corrected chi connectivity index (χ2v) is 7.80. The predicted octanol–water partition coefficient (Wildman–Crippen LogP) is 4.42. The minimum absolute atomic E-state index is 0.0913. The molecule has 2 aromatic rings. The van der Waals surface area contributed by atoms with Crippen LogP contribution in [-0.2, 0) is 4.79 Å². The molecule has 0 aliphatic carbocycles. The molecule has 0 aliphatic rings. The van der Waals surface area contributed by atoms with Gasteiger partial charge in [0.25, 0.3) is 0 Å². The third-order valence-corrected chi connectivity index (χ3v) is 5.44. The van der Waals surface area contributed by atoms with Crippen molar-refractivity contribution in [2.24, 2.45) is 0 Å². The highest BCUT2D eigenvalue weighted by atomic mass is 32.2. The van der Waals surface area contributed by atoms with Crippen molar-refractivity contribution in [2.45, 2.75) is 39.0 Å². The molecule has 2 rings (SSSR count). The van der Waals surface area contributed by atoms with Gasteiger partial charge in [-0.3, -0.25) is 15.6 Å². The standard InChI is InChI=1S/C20H25N3OS2/c1-13-8-9-17(12-15(13)3)26-11-10-19(24)22-23-20(25)21-18-7-5-6-14(2)16(18)4/h5-9,12H,10-11H2,1-4H3,(H,22,24)(H2,21,23,25). The van der Waals surface area contributed by atoms with E-state index in [9.17, 15) is 4.79 Å². The van der Waals surface area contributed by atoms with Gasteiger partial charge in [0.1, 0.15) is 0 Å². The molecule has 0 aliphatic heterocycles. The lowest BCUT2D eigenvalue weighted by Crippen LogP contribution is -2.43. The minimum Gasteiger partial charge on any atom is -0.331 e. The number of nitrogens with one attached hydrogen (secondary N) is 3. The maximum atomic E-state index is 12.0. The van der Waals surface area contributed by atoms with Crippen LogP contribution in [0.1, 0.15) is 28.7 Å². The molecule has 0 spiro atoms. The summed E-state index contributed by atoms with van der Waals surface area (Å²) in [4.78, 5) is 13.1. The van der Waals surface area contributed by atoms with E-state index >= 15 is 0 Å². The Hall–Kier alpha value is -2.05. The van der Waals surface area contributed by atoms with Crippen molar-refractivity contribution in [3.05, 3.63) is 58.7 Å². The number of carbonyl (C=O) groups is 1. The average molecular weight is 388 g/mol. The number of hydrazine groups is 1. The van der Waals surface area contributed by atoms with Crippen molar-refractivity contribution in [1.29, 1.82) is 0 Å². The third-order valence-electron chi connectivity index (χ3n) is 4.24. The first-order valence-electron chi connectivity index (χ1n) is 8.49. The SMILES string of the molecule is Cc1ccc(SCCC(=O)NNC(=S)Nc2cccc(C)c2C)cc1C. The summed E-state index contributed by atoms with van der Waals surface area (Å²) in [5.74, 6) is 0.624. The van der Waals surface area contributed by atoms with Gasteiger partial charge in [-0.25, -0.2) is 0 Å². The average Bonchev–Trinajstić information content (AvgIpc) is 2.60. The number of rotatable bonds is 5. The van der Waals surface area contributed by atoms with Crippen LogP contribution in [0, 0.1) is 27.7 Å². The molecule has 138 valence electrons. The molecule has 0 saturated carbocycles. The molecule has 26 heavy (non-hydrogen) atoms. The molecule has 4 nitrogen and oxygen atoms in total. The molecule has 0 saturated heterocycles. The molecule has 1 amide bonds. The Labute approximate surface area is 165 Å². The Balaban J connectivity index is 1.71. The van der Waals surface area contributed by atoms with Crippen molar-refractivity contribution in [2.75, 3.05) is 11.1 Å². The fourth-order valence-electron chi connectivity index (χ4n) is 2.29. The van der Waals surface area contributed by atoms with Gasteiger partial charge in [0, 0.05) is 22.8 Å². The summed E-state index contributed by atoms with van der Waals surface area (Å²) in [6, 6.07) is 12.3. The van der Waals surface area contributed by atoms with Gasteiger partial charge in [0.2, 0.25) is 5.91 Å². The lowest BCUT2D eigenvalue weighted by atomic mass is 10.1. The maximum Gasteiger partial charge on any atom is 0.239 e. The first-order chi connectivity index (χ1) is 12.4. The highest BCUT2D eigenvalue weighted by Gasteiger charge is 2.06. The second kappa shape index (κ2) is 9.59. The summed E-state index contributed by atoms with van der Waals surface area (Å²) in [6.45, 7) is 8.27. The Morgan fingerprint density at radius 2 is 1.77 bits per heavy atom. The van der Waals surface area contributed by atoms with Crippen molar-refractivity contribution < 1.29 is 4.79 Å². The van der Waals surface area contributed by atoms with Gasteiger partial charge < -0.3 is 5.32 Å². The second-order valence-electron chi connectivity index (χ2n) is 6.22. The maximum absolute atomic E-state index is 12.0. The van der Waals surface area contributed by atoms with E-state index in [4.69, 9.17) is 12.2 Å². The molecule has 0 aromatic heterocycles. The quantitative estimate of drug-likeness (QED) is 0.403. The normalized spacial score (nSPS) is 10.3. The fourth-order valence-corrected chi connectivity index (χ4v) is 3.40. The molecule has 0 atom stereocenters. The zero-order valence-electron chi connectivity index (χ0n) is 15.6. The monoisotopic (exact) mass is 387 g/mol. The molecule has 0 fully saturated rings. The molecule has 0 radical (unpaired) electrons. The lowest BCUT2D eigenvalue weighted by molar-refractivity contribution is -0.121. The topological polar surface area (TPSA) is 53.2 Å². The number of amides is 1.